The van der Waals surface area contributed by atoms with E-state index in [2.05, 4.69) is 0 Å². The summed E-state index contributed by atoms with van der Waals surface area (Å²) in [6, 6.07) is 0. The Hall–Kier alpha value is -0.498. The Morgan fingerprint density at radius 3 is 2.60 bits per heavy atom. The SMILES string of the molecule is CCC[O][Al-]([CH3])[O]C(C)=CC(=O)OCC. The van der Waals surface area contributed by atoms with E-state index in [0.29, 0.717) is 19.0 Å². The Kier molecular flexibility index (Phi) is 8.49. The van der Waals surface area contributed by atoms with E-state index in [9.17, 15) is 4.79 Å². The largest absolute Gasteiger partial charge is 0.799 e. The smallest absolute Gasteiger partial charge is 0.425 e. The summed E-state index contributed by atoms with van der Waals surface area (Å²) < 4.78 is 15.6. The number of ether oxygens (including phenoxy) is 1. The highest BCUT2D eigenvalue weighted by Gasteiger charge is 2.01. The van der Waals surface area contributed by atoms with Crippen LogP contribution in [0.4, 0.5) is 0 Å². The summed E-state index contributed by atoms with van der Waals surface area (Å²) >= 11 is -1.63. The number of carbonyl (C=O) groups is 1. The van der Waals surface area contributed by atoms with Crippen molar-refractivity contribution in [3.05, 3.63) is 11.8 Å². The molecule has 0 spiro atoms. The highest BCUT2D eigenvalue weighted by molar-refractivity contribution is 6.42. The molecule has 4 nitrogen and oxygen atoms in total. The molecule has 5 heteroatoms. The minimum atomic E-state index is -1.63. The maximum atomic E-state index is 11.0. The van der Waals surface area contributed by atoms with Gasteiger partial charge in [-0.1, -0.05) is 6.92 Å². The van der Waals surface area contributed by atoms with Gasteiger partial charge in [0, 0.05) is 5.76 Å². The van der Waals surface area contributed by atoms with Gasteiger partial charge < -0.3 is 12.3 Å². The van der Waals surface area contributed by atoms with Crippen LogP contribution >= 0.6 is 0 Å². The maximum absolute atomic E-state index is 11.0. The van der Waals surface area contributed by atoms with Gasteiger partial charge in [0.2, 0.25) is 0 Å². The number of allylic oxidation sites excluding steroid dienone is 1. The first-order valence-electron chi connectivity index (χ1n) is 5.23. The zero-order valence-electron chi connectivity index (χ0n) is 9.91. The average Bonchev–Trinajstić information content (AvgIpc) is 2.14. The van der Waals surface area contributed by atoms with Crippen molar-refractivity contribution < 1.29 is 17.1 Å². The zero-order valence-corrected chi connectivity index (χ0v) is 11.1. The molecule has 0 aromatic carbocycles. The molecule has 0 atom stereocenters. The molecule has 1 radical (unpaired) electrons. The van der Waals surface area contributed by atoms with Gasteiger partial charge in [-0.15, -0.1) is 0 Å². The number of carbonyl (C=O) groups excluding carboxylic acids is 1. The van der Waals surface area contributed by atoms with Crippen LogP contribution in [0.5, 0.6) is 0 Å². The normalized spacial score (nSPS) is 11.7. The lowest BCUT2D eigenvalue weighted by Crippen LogP contribution is -2.18. The molecular formula is C10H19AlO4-. The first kappa shape index (κ1) is 14.5. The number of rotatable bonds is 7. The summed E-state index contributed by atoms with van der Waals surface area (Å²) in [6.07, 6.45) is 2.32. The Bertz CT molecular complexity index is 215. The number of hydrogen-bond donors (Lipinski definition) is 0. The molecule has 0 fully saturated rings. The summed E-state index contributed by atoms with van der Waals surface area (Å²) in [4.78, 5) is 11.0. The molecule has 0 aliphatic heterocycles. The van der Waals surface area contributed by atoms with Crippen molar-refractivity contribution in [1.82, 2.24) is 0 Å². The fourth-order valence-electron chi connectivity index (χ4n) is 0.964. The highest BCUT2D eigenvalue weighted by atomic mass is 27.2. The third-order valence-electron chi connectivity index (χ3n) is 1.52. The van der Waals surface area contributed by atoms with Gasteiger partial charge in [-0.05, 0) is 26.9 Å². The van der Waals surface area contributed by atoms with Crippen LogP contribution in [0.3, 0.4) is 0 Å². The number of esters is 1. The van der Waals surface area contributed by atoms with E-state index < -0.39 is 14.8 Å². The van der Waals surface area contributed by atoms with Crippen LogP contribution in [-0.2, 0) is 17.1 Å². The van der Waals surface area contributed by atoms with Gasteiger partial charge in [0.15, 0.2) is 0 Å². The summed E-state index contributed by atoms with van der Waals surface area (Å²) in [5, 5.41) is 0. The quantitative estimate of drug-likeness (QED) is 0.290. The van der Waals surface area contributed by atoms with Gasteiger partial charge in [-0.2, -0.15) is 5.79 Å². The highest BCUT2D eigenvalue weighted by Crippen LogP contribution is 2.01. The molecule has 0 bridgehead atoms. The molecule has 0 aliphatic rings. The lowest BCUT2D eigenvalue weighted by Gasteiger charge is -2.26. The molecule has 0 aromatic rings. The van der Waals surface area contributed by atoms with E-state index in [0.717, 1.165) is 6.42 Å². The second-order valence-electron chi connectivity index (χ2n) is 3.06. The van der Waals surface area contributed by atoms with Crippen LogP contribution in [0.15, 0.2) is 11.8 Å². The van der Waals surface area contributed by atoms with Gasteiger partial charge in [0.25, 0.3) is 0 Å². The third-order valence-corrected chi connectivity index (χ3v) is 2.93. The van der Waals surface area contributed by atoms with Gasteiger partial charge >= 0.3 is 20.8 Å². The van der Waals surface area contributed by atoms with Crippen molar-refractivity contribution in [3.8, 4) is 0 Å². The summed E-state index contributed by atoms with van der Waals surface area (Å²) in [5.74, 6) is 2.12. The van der Waals surface area contributed by atoms with E-state index in [1.54, 1.807) is 13.8 Å². The monoisotopic (exact) mass is 230 g/mol. The molecule has 0 aliphatic carbocycles. The molecule has 0 N–H and O–H groups in total. The first-order valence-corrected chi connectivity index (χ1v) is 7.33. The van der Waals surface area contributed by atoms with Crippen molar-refractivity contribution >= 4 is 20.8 Å². The minimum absolute atomic E-state index is 0.369. The van der Waals surface area contributed by atoms with Crippen molar-refractivity contribution in [2.45, 2.75) is 33.0 Å². The van der Waals surface area contributed by atoms with Crippen LogP contribution in [0.25, 0.3) is 0 Å². The molecule has 0 saturated heterocycles. The maximum Gasteiger partial charge on any atom is 0.425 e. The lowest BCUT2D eigenvalue weighted by atomic mass is 10.5. The Balaban J connectivity index is 3.89. The number of hydrogen-bond acceptors (Lipinski definition) is 4. The van der Waals surface area contributed by atoms with Crippen LogP contribution < -0.4 is 0 Å². The van der Waals surface area contributed by atoms with E-state index >= 15 is 0 Å². The van der Waals surface area contributed by atoms with E-state index in [-0.39, 0.29) is 5.97 Å². The van der Waals surface area contributed by atoms with Gasteiger partial charge in [-0.3, -0.25) is 0 Å². The second-order valence-corrected chi connectivity index (χ2v) is 4.77. The van der Waals surface area contributed by atoms with E-state index in [1.165, 1.54) is 6.08 Å². The fraction of sp³-hybridized carbons (Fsp3) is 0.700. The van der Waals surface area contributed by atoms with E-state index in [1.807, 2.05) is 12.7 Å². The van der Waals surface area contributed by atoms with Gasteiger partial charge in [0.05, 0.1) is 12.7 Å². The Morgan fingerprint density at radius 2 is 2.07 bits per heavy atom. The van der Waals surface area contributed by atoms with Crippen LogP contribution in [-0.4, -0.2) is 34.0 Å². The molecule has 0 heterocycles. The fourth-order valence-corrected chi connectivity index (χ4v) is 2.19. The van der Waals surface area contributed by atoms with Crippen molar-refractivity contribution in [3.63, 3.8) is 0 Å². The van der Waals surface area contributed by atoms with Crippen LogP contribution in [0, 0.1) is 0 Å². The lowest BCUT2D eigenvalue weighted by molar-refractivity contribution is -0.137. The average molecular weight is 230 g/mol. The molecule has 0 saturated carbocycles. The van der Waals surface area contributed by atoms with Crippen LogP contribution in [0.1, 0.15) is 27.2 Å². The predicted molar refractivity (Wildman–Crippen MR) is 59.3 cm³/mol. The van der Waals surface area contributed by atoms with Crippen molar-refractivity contribution in [2.75, 3.05) is 13.2 Å². The summed E-state index contributed by atoms with van der Waals surface area (Å²) in [7, 11) is 0. The zero-order chi connectivity index (χ0) is 11.7. The van der Waals surface area contributed by atoms with Gasteiger partial charge in [-0.25, -0.2) is 4.79 Å². The molecular weight excluding hydrogens is 211 g/mol. The Morgan fingerprint density at radius 1 is 1.40 bits per heavy atom. The molecule has 0 amide bonds. The molecule has 0 unspecified atom stereocenters. The standard InChI is InChI=1S/C6H10O3.C3H7O.CH3.Al/c1-3-9-6(8)4-5(2)7;1-2-3-4;;/h4,7H,3H2,1-2H3;2-3H2,1H3;1H3;/q;-1;;+1/p-1. The van der Waals surface area contributed by atoms with Crippen molar-refractivity contribution in [2.24, 2.45) is 0 Å². The molecule has 0 rings (SSSR count). The topological polar surface area (TPSA) is 44.8 Å². The minimum Gasteiger partial charge on any atom is -0.799 e. The molecule has 0 aromatic heterocycles. The van der Waals surface area contributed by atoms with Crippen molar-refractivity contribution in [1.29, 1.82) is 0 Å². The van der Waals surface area contributed by atoms with Crippen LogP contribution in [0.2, 0.25) is 5.79 Å². The third kappa shape index (κ3) is 8.49. The van der Waals surface area contributed by atoms with E-state index in [4.69, 9.17) is 12.3 Å². The second kappa shape index (κ2) is 8.78. The summed E-state index contributed by atoms with van der Waals surface area (Å²) in [6.45, 7) is 6.63. The Labute approximate surface area is 96.3 Å². The molecule has 15 heavy (non-hydrogen) atoms. The van der Waals surface area contributed by atoms with Gasteiger partial charge in [0.1, 0.15) is 0 Å². The first-order chi connectivity index (χ1) is 7.10. The summed E-state index contributed by atoms with van der Waals surface area (Å²) in [5.41, 5.74) is 0. The predicted octanol–water partition coefficient (Wildman–Crippen LogP) is 2.01. The molecule has 87 valence electrons.